The molecule has 2 aliphatic rings. The van der Waals surface area contributed by atoms with Crippen LogP contribution in [0.1, 0.15) is 126 Å². The van der Waals surface area contributed by atoms with Crippen LogP contribution in [-0.2, 0) is 19.3 Å². The van der Waals surface area contributed by atoms with Crippen molar-refractivity contribution >= 4 is 28.2 Å². The summed E-state index contributed by atoms with van der Waals surface area (Å²) in [6, 6.07) is 10.8. The summed E-state index contributed by atoms with van der Waals surface area (Å²) in [7, 11) is 0. The van der Waals surface area contributed by atoms with Gasteiger partial charge >= 0.3 is 0 Å². The summed E-state index contributed by atoms with van der Waals surface area (Å²) in [5.74, 6) is 0.771. The van der Waals surface area contributed by atoms with Crippen LogP contribution in [0.3, 0.4) is 0 Å². The van der Waals surface area contributed by atoms with Gasteiger partial charge in [0.25, 0.3) is 0 Å². The Bertz CT molecular complexity index is 1280. The number of anilines is 1. The van der Waals surface area contributed by atoms with Crippen molar-refractivity contribution in [2.24, 2.45) is 0 Å². The van der Waals surface area contributed by atoms with Gasteiger partial charge in [-0.25, -0.2) is 4.98 Å². The quantitative estimate of drug-likeness (QED) is 0.139. The van der Waals surface area contributed by atoms with Crippen LogP contribution in [0.4, 0.5) is 5.69 Å². The summed E-state index contributed by atoms with van der Waals surface area (Å²) >= 11 is 6.42. The summed E-state index contributed by atoms with van der Waals surface area (Å²) < 4.78 is 5.94. The summed E-state index contributed by atoms with van der Waals surface area (Å²) in [6.45, 7) is 5.22. The highest BCUT2D eigenvalue weighted by Gasteiger charge is 2.26. The zero-order valence-corrected chi connectivity index (χ0v) is 26.0. The number of pyridine rings is 2. The smallest absolute Gasteiger partial charge is 0.213 e. The van der Waals surface area contributed by atoms with E-state index in [1.807, 2.05) is 12.1 Å². The van der Waals surface area contributed by atoms with Crippen LogP contribution < -0.4 is 15.4 Å². The highest BCUT2D eigenvalue weighted by Crippen LogP contribution is 2.36. The van der Waals surface area contributed by atoms with Gasteiger partial charge in [-0.3, -0.25) is 10.3 Å². The van der Waals surface area contributed by atoms with Gasteiger partial charge in [0.1, 0.15) is 0 Å². The highest BCUT2D eigenvalue weighted by atomic mass is 35.5. The Labute approximate surface area is 252 Å². The molecule has 0 aliphatic heterocycles. The van der Waals surface area contributed by atoms with Gasteiger partial charge in [-0.2, -0.15) is 0 Å². The van der Waals surface area contributed by atoms with Gasteiger partial charge in [0.2, 0.25) is 5.88 Å². The van der Waals surface area contributed by atoms with Crippen molar-refractivity contribution < 1.29 is 4.74 Å². The lowest BCUT2D eigenvalue weighted by Crippen LogP contribution is -2.40. The molecule has 2 heterocycles. The van der Waals surface area contributed by atoms with Crippen LogP contribution in [0.2, 0.25) is 5.02 Å². The number of hydrogen-bond donors (Lipinski definition) is 2. The Kier molecular flexibility index (Phi) is 11.2. The van der Waals surface area contributed by atoms with E-state index >= 15 is 0 Å². The Morgan fingerprint density at radius 3 is 2.56 bits per heavy atom. The molecule has 0 spiro atoms. The molecule has 0 saturated carbocycles. The second kappa shape index (κ2) is 15.2. The van der Waals surface area contributed by atoms with Crippen molar-refractivity contribution in [3.8, 4) is 5.88 Å². The first kappa shape index (κ1) is 30.1. The van der Waals surface area contributed by atoms with Gasteiger partial charge in [-0.05, 0) is 87.1 Å². The Morgan fingerprint density at radius 2 is 1.68 bits per heavy atom. The minimum absolute atomic E-state index is 0.171. The third-order valence-electron chi connectivity index (χ3n) is 8.81. The van der Waals surface area contributed by atoms with Crippen molar-refractivity contribution in [2.75, 3.05) is 11.9 Å². The lowest BCUT2D eigenvalue weighted by Gasteiger charge is -2.33. The SMILES string of the molecule is CCCCCCCCC(Nc1c2c(nc3cc(Cl)ccc13)CCCC2)NC1CCCc2nc(OCCCC)ccc21. The number of aryl methyl sites for hydroxylation is 2. The number of hydrogen-bond acceptors (Lipinski definition) is 5. The Balaban J connectivity index is 1.39. The molecule has 41 heavy (non-hydrogen) atoms. The number of rotatable bonds is 15. The molecule has 2 aromatic heterocycles. The van der Waals surface area contributed by atoms with Crippen molar-refractivity contribution in [1.29, 1.82) is 0 Å². The van der Waals surface area contributed by atoms with E-state index in [1.165, 1.54) is 85.0 Å². The van der Waals surface area contributed by atoms with E-state index in [0.717, 1.165) is 74.4 Å². The first-order valence-electron chi connectivity index (χ1n) is 16.4. The molecule has 2 aliphatic carbocycles. The first-order chi connectivity index (χ1) is 20.2. The zero-order valence-electron chi connectivity index (χ0n) is 25.2. The highest BCUT2D eigenvalue weighted by molar-refractivity contribution is 6.31. The van der Waals surface area contributed by atoms with Crippen molar-refractivity contribution in [3.63, 3.8) is 0 Å². The lowest BCUT2D eigenvalue weighted by atomic mass is 9.90. The van der Waals surface area contributed by atoms with Crippen molar-refractivity contribution in [1.82, 2.24) is 15.3 Å². The number of halogens is 1. The Hall–Kier alpha value is -2.37. The molecular formula is C35H49ClN4O. The number of unbranched alkanes of at least 4 members (excludes halogenated alkanes) is 6. The van der Waals surface area contributed by atoms with Crippen molar-refractivity contribution in [2.45, 2.75) is 129 Å². The molecule has 0 saturated heterocycles. The molecule has 0 fully saturated rings. The lowest BCUT2D eigenvalue weighted by molar-refractivity contribution is 0.295. The average molecular weight is 577 g/mol. The zero-order chi connectivity index (χ0) is 28.4. The fraction of sp³-hybridized carbons (Fsp3) is 0.600. The van der Waals surface area contributed by atoms with Gasteiger partial charge in [-0.15, -0.1) is 0 Å². The molecule has 0 radical (unpaired) electrons. The van der Waals surface area contributed by atoms with E-state index in [1.54, 1.807) is 0 Å². The fourth-order valence-corrected chi connectivity index (χ4v) is 6.69. The van der Waals surface area contributed by atoms with E-state index in [4.69, 9.17) is 26.3 Å². The molecule has 5 nitrogen and oxygen atoms in total. The van der Waals surface area contributed by atoms with E-state index in [-0.39, 0.29) is 12.2 Å². The first-order valence-corrected chi connectivity index (χ1v) is 16.8. The summed E-state index contributed by atoms with van der Waals surface area (Å²) in [6.07, 6.45) is 19.1. The van der Waals surface area contributed by atoms with Gasteiger partial charge in [-0.1, -0.05) is 76.5 Å². The number of nitrogens with zero attached hydrogens (tertiary/aromatic N) is 2. The molecule has 5 rings (SSSR count). The van der Waals surface area contributed by atoms with Gasteiger partial charge in [0.05, 0.1) is 18.3 Å². The van der Waals surface area contributed by atoms with Gasteiger partial charge in [0.15, 0.2) is 0 Å². The molecule has 222 valence electrons. The molecule has 3 aromatic rings. The van der Waals surface area contributed by atoms with Crippen LogP contribution >= 0.6 is 11.6 Å². The molecule has 0 bridgehead atoms. The number of ether oxygens (including phenoxy) is 1. The fourth-order valence-electron chi connectivity index (χ4n) is 6.52. The molecule has 0 amide bonds. The van der Waals surface area contributed by atoms with Gasteiger partial charge < -0.3 is 10.1 Å². The third kappa shape index (κ3) is 7.93. The summed E-state index contributed by atoms with van der Waals surface area (Å²) in [4.78, 5) is 10.00. The van der Waals surface area contributed by atoms with Crippen LogP contribution in [0.25, 0.3) is 10.9 Å². The average Bonchev–Trinajstić information content (AvgIpc) is 2.98. The standard InChI is InChI=1S/C35H49ClN4O/c1-3-5-7-8-9-10-18-33(38-29-16-13-17-30-26(29)21-22-34(39-30)41-23-6-4-2)40-35-27-14-11-12-15-31(27)37-32-24-25(36)19-20-28(32)35/h19-22,24,29,33,38H,3-18,23H2,1-2H3,(H,37,40). The predicted molar refractivity (Wildman–Crippen MR) is 172 cm³/mol. The summed E-state index contributed by atoms with van der Waals surface area (Å²) in [5, 5.41) is 10.1. The number of fused-ring (bicyclic) bond motifs is 3. The second-order valence-corrected chi connectivity index (χ2v) is 12.5. The van der Waals surface area contributed by atoms with Crippen LogP contribution in [0.5, 0.6) is 5.88 Å². The van der Waals surface area contributed by atoms with Crippen molar-refractivity contribution in [3.05, 3.63) is 57.9 Å². The molecular weight excluding hydrogens is 528 g/mol. The monoisotopic (exact) mass is 576 g/mol. The topological polar surface area (TPSA) is 59.1 Å². The maximum absolute atomic E-state index is 6.42. The largest absolute Gasteiger partial charge is 0.478 e. The van der Waals surface area contributed by atoms with E-state index in [0.29, 0.717) is 0 Å². The minimum Gasteiger partial charge on any atom is -0.478 e. The van der Waals surface area contributed by atoms with Crippen LogP contribution in [-0.4, -0.2) is 22.7 Å². The second-order valence-electron chi connectivity index (χ2n) is 12.0. The number of aromatic nitrogens is 2. The molecule has 1 aromatic carbocycles. The number of nitrogens with one attached hydrogen (secondary N) is 2. The normalized spacial score (nSPS) is 17.2. The maximum atomic E-state index is 6.42. The third-order valence-corrected chi connectivity index (χ3v) is 9.04. The molecule has 2 atom stereocenters. The van der Waals surface area contributed by atoms with E-state index in [2.05, 4.69) is 42.7 Å². The minimum atomic E-state index is 0.171. The molecule has 2 N–H and O–H groups in total. The molecule has 2 unspecified atom stereocenters. The van der Waals surface area contributed by atoms with Crippen LogP contribution in [0.15, 0.2) is 30.3 Å². The predicted octanol–water partition coefficient (Wildman–Crippen LogP) is 9.50. The summed E-state index contributed by atoms with van der Waals surface area (Å²) in [5.41, 5.74) is 7.44. The molecule has 6 heteroatoms. The number of benzene rings is 1. The van der Waals surface area contributed by atoms with E-state index < -0.39 is 0 Å². The Morgan fingerprint density at radius 1 is 0.878 bits per heavy atom. The van der Waals surface area contributed by atoms with Gasteiger partial charge in [0, 0.05) is 39.6 Å². The van der Waals surface area contributed by atoms with E-state index in [9.17, 15) is 0 Å². The maximum Gasteiger partial charge on any atom is 0.213 e. The van der Waals surface area contributed by atoms with Crippen LogP contribution in [0, 0.1) is 0 Å².